The zero-order valence-electron chi connectivity index (χ0n) is 20.7. The third-order valence-corrected chi connectivity index (χ3v) is 6.56. The average Bonchev–Trinajstić information content (AvgIpc) is 2.92. The van der Waals surface area contributed by atoms with Crippen LogP contribution in [0.5, 0.6) is 5.75 Å². The highest BCUT2D eigenvalue weighted by molar-refractivity contribution is 5.99. The van der Waals surface area contributed by atoms with Crippen LogP contribution in [-0.2, 0) is 4.79 Å². The molecule has 3 aromatic carbocycles. The van der Waals surface area contributed by atoms with Gasteiger partial charge in [-0.2, -0.15) is 0 Å². The number of para-hydroxylation sites is 1. The number of methoxy groups -OCH3 is 1. The molecule has 4 rings (SSSR count). The Morgan fingerprint density at radius 1 is 0.917 bits per heavy atom. The quantitative estimate of drug-likeness (QED) is 0.468. The van der Waals surface area contributed by atoms with Gasteiger partial charge in [-0.05, 0) is 24.1 Å². The fraction of sp³-hybridized carbons (Fsp3) is 0.333. The molecule has 3 aromatic rings. The molecule has 0 saturated carbocycles. The number of ether oxygens (including phenoxy) is 1. The lowest BCUT2D eigenvalue weighted by Crippen LogP contribution is -2.50. The topological polar surface area (TPSA) is 108 Å². The van der Waals surface area contributed by atoms with Gasteiger partial charge in [-0.15, -0.1) is 0 Å². The first-order valence-electron chi connectivity index (χ1n) is 12.0. The second kappa shape index (κ2) is 10.6. The Labute approximate surface area is 209 Å². The predicted molar refractivity (Wildman–Crippen MR) is 139 cm³/mol. The second-order valence-corrected chi connectivity index (χ2v) is 8.73. The van der Waals surface area contributed by atoms with Crippen molar-refractivity contribution in [2.24, 2.45) is 0 Å². The van der Waals surface area contributed by atoms with Crippen LogP contribution < -0.4 is 26.2 Å². The summed E-state index contributed by atoms with van der Waals surface area (Å²) >= 11 is 0. The molecule has 0 unspecified atom stereocenters. The molecule has 1 saturated heterocycles. The van der Waals surface area contributed by atoms with Crippen LogP contribution in [-0.4, -0.2) is 54.9 Å². The summed E-state index contributed by atoms with van der Waals surface area (Å²) in [6, 6.07) is 14.6. The Hall–Kier alpha value is -4.14. The molecule has 2 amide bonds. The summed E-state index contributed by atoms with van der Waals surface area (Å²) < 4.78 is 5.57. The van der Waals surface area contributed by atoms with E-state index in [1.807, 2.05) is 37.3 Å². The average molecular weight is 491 g/mol. The first kappa shape index (κ1) is 25.0. The van der Waals surface area contributed by atoms with Crippen molar-refractivity contribution < 1.29 is 14.3 Å². The van der Waals surface area contributed by atoms with Crippen molar-refractivity contribution in [3.63, 3.8) is 0 Å². The van der Waals surface area contributed by atoms with Crippen LogP contribution in [0.4, 0.5) is 17.1 Å². The molecule has 9 heteroatoms. The van der Waals surface area contributed by atoms with E-state index in [0.717, 1.165) is 5.56 Å². The van der Waals surface area contributed by atoms with Gasteiger partial charge in [-0.25, -0.2) is 0 Å². The van der Waals surface area contributed by atoms with Crippen molar-refractivity contribution in [2.75, 3.05) is 43.9 Å². The maximum atomic E-state index is 13.3. The number of anilines is 3. The number of hydrogen-bond donors (Lipinski definition) is 2. The molecule has 9 nitrogen and oxygen atoms in total. The fourth-order valence-corrected chi connectivity index (χ4v) is 4.48. The predicted octanol–water partition coefficient (Wildman–Crippen LogP) is 2.90. The highest BCUT2D eigenvalue weighted by Gasteiger charge is 2.28. The maximum Gasteiger partial charge on any atom is 0.257 e. The third-order valence-electron chi connectivity index (χ3n) is 6.56. The first-order chi connectivity index (χ1) is 17.3. The molecule has 1 aliphatic heterocycles. The molecule has 0 radical (unpaired) electrons. The normalized spacial score (nSPS) is 14.4. The molecule has 1 fully saturated rings. The molecule has 0 aromatic heterocycles. The SMILES string of the molecule is CC[C@@H](Nc1c(Nc2cccc(C(=O)N3CCN(C(C)=O)CC3)c2OC)c(=O)c1=O)c1ccccc1. The van der Waals surface area contributed by atoms with E-state index in [0.29, 0.717) is 43.9 Å². The van der Waals surface area contributed by atoms with Gasteiger partial charge in [0, 0.05) is 33.1 Å². The number of carbonyl (C=O) groups is 2. The molecule has 188 valence electrons. The first-order valence-corrected chi connectivity index (χ1v) is 12.0. The van der Waals surface area contributed by atoms with Gasteiger partial charge in [0.1, 0.15) is 11.4 Å². The number of carbonyl (C=O) groups excluding carboxylic acids is 2. The lowest BCUT2D eigenvalue weighted by atomic mass is 10.0. The van der Waals surface area contributed by atoms with E-state index in [1.165, 1.54) is 14.0 Å². The molecular formula is C27H30N4O5. The van der Waals surface area contributed by atoms with Gasteiger partial charge in [-0.1, -0.05) is 43.3 Å². The van der Waals surface area contributed by atoms with Crippen LogP contribution in [0, 0.1) is 0 Å². The number of rotatable bonds is 8. The Bertz CT molecular complexity index is 1320. The molecule has 1 atom stereocenters. The van der Waals surface area contributed by atoms with Crippen LogP contribution in [0.25, 0.3) is 0 Å². The van der Waals surface area contributed by atoms with Crippen molar-refractivity contribution >= 4 is 28.9 Å². The van der Waals surface area contributed by atoms with E-state index < -0.39 is 10.9 Å². The van der Waals surface area contributed by atoms with Crippen molar-refractivity contribution in [3.05, 3.63) is 80.1 Å². The van der Waals surface area contributed by atoms with Crippen LogP contribution in [0.15, 0.2) is 58.1 Å². The fourth-order valence-electron chi connectivity index (χ4n) is 4.48. The molecule has 2 N–H and O–H groups in total. The highest BCUT2D eigenvalue weighted by atomic mass is 16.5. The molecule has 1 aliphatic rings. The molecule has 0 aliphatic carbocycles. The summed E-state index contributed by atoms with van der Waals surface area (Å²) in [4.78, 5) is 53.2. The number of hydrogen-bond acceptors (Lipinski definition) is 7. The number of piperazine rings is 1. The zero-order valence-corrected chi connectivity index (χ0v) is 20.7. The van der Waals surface area contributed by atoms with Gasteiger partial charge in [0.15, 0.2) is 5.75 Å². The highest BCUT2D eigenvalue weighted by Crippen LogP contribution is 2.34. The molecule has 1 heterocycles. The van der Waals surface area contributed by atoms with Crippen LogP contribution in [0.2, 0.25) is 0 Å². The van der Waals surface area contributed by atoms with Crippen molar-refractivity contribution in [1.82, 2.24) is 9.80 Å². The summed E-state index contributed by atoms with van der Waals surface area (Å²) in [7, 11) is 1.45. The van der Waals surface area contributed by atoms with Crippen LogP contribution in [0.3, 0.4) is 0 Å². The Balaban J connectivity index is 1.57. The van der Waals surface area contributed by atoms with E-state index in [-0.39, 0.29) is 35.0 Å². The number of nitrogens with one attached hydrogen (secondary N) is 2. The summed E-state index contributed by atoms with van der Waals surface area (Å²) in [5, 5.41) is 6.24. The molecule has 0 bridgehead atoms. The number of benzene rings is 2. The van der Waals surface area contributed by atoms with Crippen molar-refractivity contribution in [1.29, 1.82) is 0 Å². The van der Waals surface area contributed by atoms with Gasteiger partial charge < -0.3 is 25.2 Å². The number of amides is 2. The smallest absolute Gasteiger partial charge is 0.257 e. The van der Waals surface area contributed by atoms with Gasteiger partial charge in [0.05, 0.1) is 24.4 Å². The van der Waals surface area contributed by atoms with E-state index in [4.69, 9.17) is 4.74 Å². The van der Waals surface area contributed by atoms with Gasteiger partial charge in [0.2, 0.25) is 5.91 Å². The van der Waals surface area contributed by atoms with E-state index >= 15 is 0 Å². The lowest BCUT2D eigenvalue weighted by Gasteiger charge is -2.34. The van der Waals surface area contributed by atoms with E-state index in [1.54, 1.807) is 28.0 Å². The summed E-state index contributed by atoms with van der Waals surface area (Å²) in [6.07, 6.45) is 0.715. The number of nitrogens with zero attached hydrogens (tertiary/aromatic N) is 2. The van der Waals surface area contributed by atoms with Gasteiger partial charge in [-0.3, -0.25) is 19.2 Å². The van der Waals surface area contributed by atoms with Crippen molar-refractivity contribution in [3.8, 4) is 5.75 Å². The molecular weight excluding hydrogens is 460 g/mol. The minimum atomic E-state index is -0.625. The van der Waals surface area contributed by atoms with Gasteiger partial charge in [0.25, 0.3) is 16.8 Å². The Kier molecular flexibility index (Phi) is 7.38. The van der Waals surface area contributed by atoms with E-state index in [2.05, 4.69) is 10.6 Å². The van der Waals surface area contributed by atoms with E-state index in [9.17, 15) is 19.2 Å². The lowest BCUT2D eigenvalue weighted by molar-refractivity contribution is -0.130. The summed E-state index contributed by atoms with van der Waals surface area (Å²) in [6.45, 7) is 5.30. The van der Waals surface area contributed by atoms with Gasteiger partial charge >= 0.3 is 0 Å². The van der Waals surface area contributed by atoms with Crippen LogP contribution >= 0.6 is 0 Å². The summed E-state index contributed by atoms with van der Waals surface area (Å²) in [5.41, 5.74) is 0.911. The Morgan fingerprint density at radius 3 is 2.17 bits per heavy atom. The second-order valence-electron chi connectivity index (χ2n) is 8.73. The third kappa shape index (κ3) is 4.82. The summed E-state index contributed by atoms with van der Waals surface area (Å²) in [5.74, 6) is 0.0450. The monoisotopic (exact) mass is 490 g/mol. The largest absolute Gasteiger partial charge is 0.494 e. The minimum absolute atomic E-state index is 0.0131. The van der Waals surface area contributed by atoms with Crippen LogP contribution in [0.1, 0.15) is 42.2 Å². The maximum absolute atomic E-state index is 13.3. The molecule has 0 spiro atoms. The minimum Gasteiger partial charge on any atom is -0.494 e. The Morgan fingerprint density at radius 2 is 1.56 bits per heavy atom. The molecule has 36 heavy (non-hydrogen) atoms. The standard InChI is InChI=1S/C27H30N4O5/c1-4-20(18-9-6-5-7-10-18)28-22-23(25(34)24(22)33)29-21-12-8-11-19(26(21)36-3)27(35)31-15-13-30(14-16-31)17(2)32/h5-12,20,28-29H,4,13-16H2,1-3H3/t20-/m1/s1. The zero-order chi connectivity index (χ0) is 25.8. The van der Waals surface area contributed by atoms with Crippen molar-refractivity contribution in [2.45, 2.75) is 26.3 Å².